The molecule has 1 radical (unpaired) electrons. The topological polar surface area (TPSA) is 28.7 Å². The molecule has 2 aromatic rings. The average Bonchev–Trinajstić information content (AvgIpc) is 2.61. The maximum atomic E-state index is 8.78. The van der Waals surface area contributed by atoms with Crippen LogP contribution in [0.15, 0.2) is 30.5 Å². The molecule has 3 heteroatoms. The van der Waals surface area contributed by atoms with Gasteiger partial charge >= 0.3 is 0 Å². The van der Waals surface area contributed by atoms with Gasteiger partial charge in [0.25, 0.3) is 0 Å². The van der Waals surface area contributed by atoms with Crippen molar-refractivity contribution >= 4 is 10.9 Å². The molecule has 2 nitrogen and oxygen atoms in total. The molecule has 1 heterocycles. The second-order valence-corrected chi connectivity index (χ2v) is 3.25. The molecular formula is C12H11CoN2-. The summed E-state index contributed by atoms with van der Waals surface area (Å²) in [6, 6.07) is 9.96. The van der Waals surface area contributed by atoms with Gasteiger partial charge in [-0.3, -0.25) is 0 Å². The average molecular weight is 242 g/mol. The first kappa shape index (κ1) is 11.8. The molecule has 0 unspecified atom stereocenters. The van der Waals surface area contributed by atoms with E-state index in [9.17, 15) is 0 Å². The summed E-state index contributed by atoms with van der Waals surface area (Å²) in [6.45, 7) is 4.73. The summed E-state index contributed by atoms with van der Waals surface area (Å²) in [5, 5.41) is 9.96. The van der Waals surface area contributed by atoms with Gasteiger partial charge in [-0.1, -0.05) is 6.07 Å². The normalized spacial score (nSPS) is 9.60. The van der Waals surface area contributed by atoms with Gasteiger partial charge in [-0.05, 0) is 30.1 Å². The van der Waals surface area contributed by atoms with Crippen LogP contribution in [0.3, 0.4) is 0 Å². The van der Waals surface area contributed by atoms with E-state index in [-0.39, 0.29) is 16.8 Å². The zero-order chi connectivity index (χ0) is 9.97. The van der Waals surface area contributed by atoms with Crippen molar-refractivity contribution in [2.24, 2.45) is 0 Å². The van der Waals surface area contributed by atoms with Gasteiger partial charge in [0.15, 0.2) is 0 Å². The van der Waals surface area contributed by atoms with Crippen LogP contribution >= 0.6 is 0 Å². The third-order valence-electron chi connectivity index (χ3n) is 2.30. The third kappa shape index (κ3) is 2.22. The molecular weight excluding hydrogens is 231 g/mol. The standard InChI is InChI=1S/C12H11N2.Co/c1-2-6-14-7-5-11-4-3-10(9-13)8-12(11)14;/h3-5,7-8H,1-2,6H2;/q-1;. The maximum Gasteiger partial charge on any atom is 0.0992 e. The molecule has 0 amide bonds. The second-order valence-electron chi connectivity index (χ2n) is 3.25. The van der Waals surface area contributed by atoms with Crippen LogP contribution in [0.2, 0.25) is 0 Å². The van der Waals surface area contributed by atoms with Gasteiger partial charge in [0, 0.05) is 28.5 Å². The molecule has 2 rings (SSSR count). The number of aryl methyl sites for hydroxylation is 1. The summed E-state index contributed by atoms with van der Waals surface area (Å²) >= 11 is 0. The SMILES string of the molecule is [CH2-]CCn1ccc2ccc(C#N)cc21.[Co]. The Morgan fingerprint density at radius 2 is 2.13 bits per heavy atom. The van der Waals surface area contributed by atoms with Crippen LogP contribution in [0.1, 0.15) is 12.0 Å². The zero-order valence-corrected chi connectivity index (χ0v) is 9.28. The Morgan fingerprint density at radius 3 is 2.80 bits per heavy atom. The summed E-state index contributed by atoms with van der Waals surface area (Å²) in [5.41, 5.74) is 1.83. The summed E-state index contributed by atoms with van der Waals surface area (Å²) in [5.74, 6) is 0. The first-order valence-electron chi connectivity index (χ1n) is 4.63. The van der Waals surface area contributed by atoms with E-state index in [2.05, 4.69) is 23.6 Å². The predicted octanol–water partition coefficient (Wildman–Crippen LogP) is 2.73. The van der Waals surface area contributed by atoms with Gasteiger partial charge in [0.1, 0.15) is 0 Å². The number of aromatic nitrogens is 1. The molecule has 0 aliphatic rings. The number of benzene rings is 1. The summed E-state index contributed by atoms with van der Waals surface area (Å²) in [6.07, 6.45) is 2.90. The van der Waals surface area contributed by atoms with Crippen LogP contribution in [-0.2, 0) is 23.3 Å². The van der Waals surface area contributed by atoms with Crippen LogP contribution in [-0.4, -0.2) is 4.57 Å². The van der Waals surface area contributed by atoms with Crippen molar-refractivity contribution in [1.29, 1.82) is 5.26 Å². The van der Waals surface area contributed by atoms with Crippen molar-refractivity contribution in [3.8, 4) is 6.07 Å². The van der Waals surface area contributed by atoms with E-state index < -0.39 is 0 Å². The van der Waals surface area contributed by atoms with E-state index in [4.69, 9.17) is 5.26 Å². The maximum absolute atomic E-state index is 8.78. The molecule has 0 aliphatic carbocycles. The van der Waals surface area contributed by atoms with Crippen molar-refractivity contribution in [2.45, 2.75) is 13.0 Å². The monoisotopic (exact) mass is 242 g/mol. The van der Waals surface area contributed by atoms with Crippen molar-refractivity contribution in [1.82, 2.24) is 4.57 Å². The zero-order valence-electron chi connectivity index (χ0n) is 8.24. The minimum absolute atomic E-state index is 0. The van der Waals surface area contributed by atoms with Crippen molar-refractivity contribution in [3.63, 3.8) is 0 Å². The second kappa shape index (κ2) is 5.01. The minimum Gasteiger partial charge on any atom is -0.350 e. The first-order valence-corrected chi connectivity index (χ1v) is 4.63. The Balaban J connectivity index is 0.00000112. The summed E-state index contributed by atoms with van der Waals surface area (Å²) < 4.78 is 2.13. The molecule has 0 saturated heterocycles. The van der Waals surface area contributed by atoms with Crippen molar-refractivity contribution in [2.75, 3.05) is 0 Å². The largest absolute Gasteiger partial charge is 0.350 e. The first-order chi connectivity index (χ1) is 6.85. The fraction of sp³-hybridized carbons (Fsp3) is 0.167. The number of hydrogen-bond acceptors (Lipinski definition) is 1. The Labute approximate surface area is 99.7 Å². The quantitative estimate of drug-likeness (QED) is 0.744. The third-order valence-corrected chi connectivity index (χ3v) is 2.30. The van der Waals surface area contributed by atoms with Gasteiger partial charge in [-0.25, -0.2) is 0 Å². The van der Waals surface area contributed by atoms with E-state index >= 15 is 0 Å². The van der Waals surface area contributed by atoms with Gasteiger partial charge < -0.3 is 11.5 Å². The Bertz CT molecular complexity index is 494. The van der Waals surface area contributed by atoms with E-state index in [0.717, 1.165) is 18.5 Å². The molecule has 1 aromatic carbocycles. The smallest absolute Gasteiger partial charge is 0.0992 e. The predicted molar refractivity (Wildman–Crippen MR) is 56.6 cm³/mol. The van der Waals surface area contributed by atoms with E-state index in [1.54, 1.807) is 0 Å². The molecule has 0 spiro atoms. The fourth-order valence-corrected chi connectivity index (χ4v) is 1.62. The summed E-state index contributed by atoms with van der Waals surface area (Å²) in [7, 11) is 0. The van der Waals surface area contributed by atoms with Crippen molar-refractivity contribution in [3.05, 3.63) is 42.9 Å². The van der Waals surface area contributed by atoms with Gasteiger partial charge in [0.05, 0.1) is 11.6 Å². The Hall–Kier alpha value is -1.24. The number of nitrogens with zero attached hydrogens (tertiary/aromatic N) is 2. The molecule has 79 valence electrons. The molecule has 1 aromatic heterocycles. The number of fused-ring (bicyclic) bond motifs is 1. The van der Waals surface area contributed by atoms with Gasteiger partial charge in [-0.2, -0.15) is 11.7 Å². The molecule has 15 heavy (non-hydrogen) atoms. The molecule has 0 bridgehead atoms. The molecule has 0 aliphatic heterocycles. The minimum atomic E-state index is 0. The Kier molecular flexibility index (Phi) is 3.95. The molecule has 0 saturated carbocycles. The van der Waals surface area contributed by atoms with Crippen molar-refractivity contribution < 1.29 is 16.8 Å². The van der Waals surface area contributed by atoms with Crippen LogP contribution in [0.5, 0.6) is 0 Å². The number of nitriles is 1. The van der Waals surface area contributed by atoms with Gasteiger partial charge in [0.2, 0.25) is 0 Å². The van der Waals surface area contributed by atoms with Gasteiger partial charge in [-0.15, -0.1) is 0 Å². The van der Waals surface area contributed by atoms with Crippen LogP contribution < -0.4 is 0 Å². The molecule has 0 N–H and O–H groups in total. The van der Waals surface area contributed by atoms with E-state index in [1.807, 2.05) is 24.4 Å². The fourth-order valence-electron chi connectivity index (χ4n) is 1.62. The van der Waals surface area contributed by atoms with E-state index in [0.29, 0.717) is 5.56 Å². The van der Waals surface area contributed by atoms with Crippen LogP contribution in [0, 0.1) is 18.3 Å². The molecule has 0 fully saturated rings. The summed E-state index contributed by atoms with van der Waals surface area (Å²) in [4.78, 5) is 0. The van der Waals surface area contributed by atoms with Crippen LogP contribution in [0.25, 0.3) is 10.9 Å². The molecule has 0 atom stereocenters. The number of rotatable bonds is 2. The Morgan fingerprint density at radius 1 is 1.33 bits per heavy atom. The van der Waals surface area contributed by atoms with Crippen LogP contribution in [0.4, 0.5) is 0 Å². The van der Waals surface area contributed by atoms with E-state index in [1.165, 1.54) is 5.39 Å². The number of hydrogen-bond donors (Lipinski definition) is 0.